The van der Waals surface area contributed by atoms with Gasteiger partial charge < -0.3 is 11.1 Å². The van der Waals surface area contributed by atoms with E-state index in [4.69, 9.17) is 5.73 Å². The molecule has 3 N–H and O–H groups in total. The number of rotatable bonds is 3. The fourth-order valence-corrected chi connectivity index (χ4v) is 6.73. The first-order valence-electron chi connectivity index (χ1n) is 10.0. The first kappa shape index (κ1) is 18.7. The summed E-state index contributed by atoms with van der Waals surface area (Å²) in [4.78, 5) is 12.9. The topological polar surface area (TPSA) is 92.5 Å². The van der Waals surface area contributed by atoms with Gasteiger partial charge in [0.05, 0.1) is 11.4 Å². The van der Waals surface area contributed by atoms with Crippen molar-refractivity contribution in [3.05, 3.63) is 23.8 Å². The number of nitrogens with two attached hydrogens (primary N) is 1. The van der Waals surface area contributed by atoms with Gasteiger partial charge in [-0.05, 0) is 68.6 Å². The van der Waals surface area contributed by atoms with E-state index in [-0.39, 0.29) is 23.6 Å². The molecule has 7 heteroatoms. The average Bonchev–Trinajstić information content (AvgIpc) is 2.95. The van der Waals surface area contributed by atoms with E-state index >= 15 is 0 Å². The van der Waals surface area contributed by atoms with Gasteiger partial charge >= 0.3 is 0 Å². The molecule has 1 aromatic rings. The summed E-state index contributed by atoms with van der Waals surface area (Å²) in [6, 6.07) is 5.78. The van der Waals surface area contributed by atoms with E-state index in [0.717, 1.165) is 31.2 Å². The van der Waals surface area contributed by atoms with Crippen LogP contribution in [-0.4, -0.2) is 32.7 Å². The number of anilines is 2. The van der Waals surface area contributed by atoms with Crippen LogP contribution < -0.4 is 15.4 Å². The van der Waals surface area contributed by atoms with E-state index in [1.165, 1.54) is 10.7 Å². The summed E-state index contributed by atoms with van der Waals surface area (Å²) in [6.07, 6.45) is 5.85. The van der Waals surface area contributed by atoms with Gasteiger partial charge in [-0.25, -0.2) is 8.42 Å². The zero-order chi connectivity index (χ0) is 19.2. The van der Waals surface area contributed by atoms with Crippen molar-refractivity contribution in [3.8, 4) is 0 Å². The molecule has 1 aliphatic heterocycles. The molecule has 148 valence electrons. The molecule has 2 saturated carbocycles. The van der Waals surface area contributed by atoms with E-state index in [1.54, 1.807) is 6.07 Å². The van der Waals surface area contributed by atoms with Crippen LogP contribution in [0.2, 0.25) is 0 Å². The van der Waals surface area contributed by atoms with Crippen molar-refractivity contribution >= 4 is 27.3 Å². The summed E-state index contributed by atoms with van der Waals surface area (Å²) < 4.78 is 26.0. The number of benzene rings is 1. The zero-order valence-corrected chi connectivity index (χ0v) is 16.7. The van der Waals surface area contributed by atoms with Gasteiger partial charge in [-0.2, -0.15) is 0 Å². The Bertz CT molecular complexity index is 825. The Morgan fingerprint density at radius 1 is 1.19 bits per heavy atom. The number of carbonyl (C=O) groups excluding carboxylic acids is 1. The molecule has 3 fully saturated rings. The number of carbonyl (C=O) groups is 1. The number of nitrogens with zero attached hydrogens (tertiary/aromatic N) is 1. The van der Waals surface area contributed by atoms with Crippen molar-refractivity contribution < 1.29 is 13.2 Å². The highest BCUT2D eigenvalue weighted by Crippen LogP contribution is 2.42. The Kier molecular flexibility index (Phi) is 4.93. The third-order valence-electron chi connectivity index (χ3n) is 6.63. The van der Waals surface area contributed by atoms with Crippen LogP contribution in [0.15, 0.2) is 18.2 Å². The Morgan fingerprint density at radius 2 is 1.89 bits per heavy atom. The normalized spacial score (nSPS) is 32.3. The molecule has 2 unspecified atom stereocenters. The highest BCUT2D eigenvalue weighted by atomic mass is 32.2. The molecule has 4 rings (SSSR count). The lowest BCUT2D eigenvalue weighted by Gasteiger charge is -2.43. The van der Waals surface area contributed by atoms with E-state index in [9.17, 15) is 13.2 Å². The minimum Gasteiger partial charge on any atom is -0.327 e. The van der Waals surface area contributed by atoms with E-state index in [1.807, 2.05) is 19.1 Å². The molecule has 1 saturated heterocycles. The summed E-state index contributed by atoms with van der Waals surface area (Å²) in [6.45, 7) is 2.41. The van der Waals surface area contributed by atoms with Crippen LogP contribution in [0.25, 0.3) is 0 Å². The maximum atomic E-state index is 12.9. The van der Waals surface area contributed by atoms with Crippen molar-refractivity contribution in [2.75, 3.05) is 21.9 Å². The molecule has 2 bridgehead atoms. The molecule has 1 amide bonds. The second-order valence-electron chi connectivity index (χ2n) is 8.43. The van der Waals surface area contributed by atoms with Crippen LogP contribution in [0.5, 0.6) is 0 Å². The van der Waals surface area contributed by atoms with Crippen LogP contribution in [0.3, 0.4) is 0 Å². The number of amides is 1. The maximum Gasteiger partial charge on any atom is 0.235 e. The number of nitrogens with one attached hydrogen (secondary N) is 1. The van der Waals surface area contributed by atoms with Gasteiger partial charge in [0.1, 0.15) is 0 Å². The largest absolute Gasteiger partial charge is 0.327 e. The molecule has 6 nitrogen and oxygen atoms in total. The molecule has 0 radical (unpaired) electrons. The van der Waals surface area contributed by atoms with Crippen molar-refractivity contribution in [1.29, 1.82) is 0 Å². The Balaban J connectivity index is 1.50. The maximum absolute atomic E-state index is 12.9. The predicted octanol–water partition coefficient (Wildman–Crippen LogP) is 2.63. The Labute approximate surface area is 161 Å². The number of hydrogen-bond acceptors (Lipinski definition) is 4. The first-order chi connectivity index (χ1) is 12.8. The summed E-state index contributed by atoms with van der Waals surface area (Å²) in [5, 5.41) is 3.03. The highest BCUT2D eigenvalue weighted by molar-refractivity contribution is 7.93. The third-order valence-corrected chi connectivity index (χ3v) is 8.48. The molecular formula is C20H29N3O3S. The van der Waals surface area contributed by atoms with Crippen LogP contribution in [0.4, 0.5) is 11.4 Å². The van der Waals surface area contributed by atoms with Gasteiger partial charge in [-0.3, -0.25) is 9.10 Å². The van der Waals surface area contributed by atoms with Gasteiger partial charge in [0.2, 0.25) is 15.9 Å². The Morgan fingerprint density at radius 3 is 2.52 bits per heavy atom. The van der Waals surface area contributed by atoms with E-state index in [2.05, 4.69) is 5.32 Å². The second kappa shape index (κ2) is 7.09. The first-order valence-corrected chi connectivity index (χ1v) is 11.6. The molecule has 0 spiro atoms. The minimum absolute atomic E-state index is 0.000345. The second-order valence-corrected chi connectivity index (χ2v) is 10.4. The summed E-state index contributed by atoms with van der Waals surface area (Å²) in [5.41, 5.74) is 8.58. The number of aryl methyl sites for hydroxylation is 1. The van der Waals surface area contributed by atoms with Crippen molar-refractivity contribution in [2.45, 2.75) is 51.5 Å². The lowest BCUT2D eigenvalue weighted by atomic mass is 9.65. The van der Waals surface area contributed by atoms with Gasteiger partial charge in [0.15, 0.2) is 0 Å². The molecular weight excluding hydrogens is 362 g/mol. The molecule has 27 heavy (non-hydrogen) atoms. The SMILES string of the molecule is Cc1ccc(NC(=O)C2CC3CCCC(C2)C3N)cc1N1CCCS1(=O)=O. The number of sulfonamides is 1. The van der Waals surface area contributed by atoms with Gasteiger partial charge in [-0.1, -0.05) is 12.5 Å². The average molecular weight is 392 g/mol. The lowest BCUT2D eigenvalue weighted by Crippen LogP contribution is -2.48. The van der Waals surface area contributed by atoms with Crippen molar-refractivity contribution in [2.24, 2.45) is 23.5 Å². The fourth-order valence-electron chi connectivity index (χ4n) is 5.11. The van der Waals surface area contributed by atoms with Crippen LogP contribution in [-0.2, 0) is 14.8 Å². The highest BCUT2D eigenvalue weighted by Gasteiger charge is 2.40. The lowest BCUT2D eigenvalue weighted by molar-refractivity contribution is -0.122. The standard InChI is InChI=1S/C20H29N3O3S/c1-13-6-7-17(12-18(13)23-8-3-9-27(23,25)26)22-20(24)16-10-14-4-2-5-15(11-16)19(14)21/h6-7,12,14-16,19H,2-5,8-11,21H2,1H3,(H,22,24). The van der Waals surface area contributed by atoms with Crippen LogP contribution in [0.1, 0.15) is 44.1 Å². The smallest absolute Gasteiger partial charge is 0.235 e. The third kappa shape index (κ3) is 3.59. The van der Waals surface area contributed by atoms with Crippen molar-refractivity contribution in [3.63, 3.8) is 0 Å². The quantitative estimate of drug-likeness (QED) is 0.828. The minimum atomic E-state index is -3.24. The van der Waals surface area contributed by atoms with Crippen LogP contribution in [0, 0.1) is 24.7 Å². The number of hydrogen-bond donors (Lipinski definition) is 2. The Hall–Kier alpha value is -1.60. The zero-order valence-electron chi connectivity index (χ0n) is 15.9. The van der Waals surface area contributed by atoms with E-state index < -0.39 is 10.0 Å². The number of fused-ring (bicyclic) bond motifs is 2. The summed E-state index contributed by atoms with van der Waals surface area (Å²) in [7, 11) is -3.24. The van der Waals surface area contributed by atoms with Crippen LogP contribution >= 0.6 is 0 Å². The summed E-state index contributed by atoms with van der Waals surface area (Å²) >= 11 is 0. The molecule has 2 aliphatic carbocycles. The van der Waals surface area contributed by atoms with Crippen molar-refractivity contribution in [1.82, 2.24) is 0 Å². The monoisotopic (exact) mass is 391 g/mol. The molecule has 0 aromatic heterocycles. The molecule has 3 aliphatic rings. The predicted molar refractivity (Wildman–Crippen MR) is 107 cm³/mol. The molecule has 1 heterocycles. The molecule has 1 aromatic carbocycles. The summed E-state index contributed by atoms with van der Waals surface area (Å²) in [5.74, 6) is 1.14. The van der Waals surface area contributed by atoms with Gasteiger partial charge in [0, 0.05) is 24.2 Å². The van der Waals surface area contributed by atoms with E-state index in [0.29, 0.717) is 36.2 Å². The fraction of sp³-hybridized carbons (Fsp3) is 0.650. The van der Waals surface area contributed by atoms with Gasteiger partial charge in [-0.15, -0.1) is 0 Å². The van der Waals surface area contributed by atoms with Gasteiger partial charge in [0.25, 0.3) is 0 Å². The molecule has 2 atom stereocenters.